The molecule has 6 rings (SSSR count). The van der Waals surface area contributed by atoms with Gasteiger partial charge in [0.25, 0.3) is 6.43 Å². The number of rotatable bonds is 5. The van der Waals surface area contributed by atoms with Crippen LogP contribution in [-0.4, -0.2) is 67.2 Å². The molecule has 1 saturated carbocycles. The lowest BCUT2D eigenvalue weighted by Gasteiger charge is -2.49. The summed E-state index contributed by atoms with van der Waals surface area (Å²) >= 11 is 0. The van der Waals surface area contributed by atoms with Crippen molar-refractivity contribution in [2.24, 2.45) is 5.41 Å². The van der Waals surface area contributed by atoms with Gasteiger partial charge in [0, 0.05) is 55.0 Å². The Bertz CT molecular complexity index is 1210. The summed E-state index contributed by atoms with van der Waals surface area (Å²) in [6.07, 6.45) is 1.13. The van der Waals surface area contributed by atoms with Gasteiger partial charge in [-0.3, -0.25) is 0 Å². The molecule has 3 saturated heterocycles. The van der Waals surface area contributed by atoms with Gasteiger partial charge in [0.05, 0.1) is 22.1 Å². The van der Waals surface area contributed by atoms with Crippen molar-refractivity contribution in [3.8, 4) is 0 Å². The Kier molecular flexibility index (Phi) is 5.23. The standard InChI is InChI=1S/C23H30F2N6O2S/c24-21(25)15-9-17-19(14-3-7-31(8-4-14)34(32,33)16-1-2-16)28-22(26)29-20(17)18(10-15)30-12-23(13-30)5-6-27-11-23/h9-10,14,16,21,27H,1-8,11-13H2,(H2,26,28,29). The van der Waals surface area contributed by atoms with E-state index in [9.17, 15) is 17.2 Å². The number of sulfonamides is 1. The van der Waals surface area contributed by atoms with E-state index in [1.165, 1.54) is 6.07 Å². The monoisotopic (exact) mass is 492 g/mol. The first-order valence-corrected chi connectivity index (χ1v) is 13.6. The van der Waals surface area contributed by atoms with Gasteiger partial charge in [-0.15, -0.1) is 0 Å². The van der Waals surface area contributed by atoms with Gasteiger partial charge < -0.3 is 16.0 Å². The molecule has 1 aliphatic carbocycles. The van der Waals surface area contributed by atoms with Crippen LogP contribution in [0.4, 0.5) is 20.4 Å². The van der Waals surface area contributed by atoms with Crippen LogP contribution in [0.15, 0.2) is 12.1 Å². The number of halogens is 2. The van der Waals surface area contributed by atoms with Crippen molar-refractivity contribution in [3.63, 3.8) is 0 Å². The summed E-state index contributed by atoms with van der Waals surface area (Å²) < 4.78 is 54.7. The maximum absolute atomic E-state index is 13.9. The summed E-state index contributed by atoms with van der Waals surface area (Å²) in [4.78, 5) is 11.1. The van der Waals surface area contributed by atoms with Gasteiger partial charge in [-0.05, 0) is 50.8 Å². The highest BCUT2D eigenvalue weighted by atomic mass is 32.2. The molecule has 8 nitrogen and oxygen atoms in total. The average Bonchev–Trinajstić information content (AvgIpc) is 3.55. The van der Waals surface area contributed by atoms with Gasteiger partial charge in [-0.1, -0.05) is 0 Å². The zero-order valence-electron chi connectivity index (χ0n) is 19.0. The Morgan fingerprint density at radius 3 is 2.47 bits per heavy atom. The number of nitrogens with zero attached hydrogens (tertiary/aromatic N) is 4. The average molecular weight is 493 g/mol. The van der Waals surface area contributed by atoms with Crippen molar-refractivity contribution in [1.82, 2.24) is 19.6 Å². The molecule has 1 spiro atoms. The molecule has 0 unspecified atom stereocenters. The molecule has 184 valence electrons. The smallest absolute Gasteiger partial charge is 0.263 e. The molecule has 0 amide bonds. The molecule has 3 aliphatic heterocycles. The van der Waals surface area contributed by atoms with Crippen LogP contribution in [0.1, 0.15) is 55.7 Å². The van der Waals surface area contributed by atoms with Crippen LogP contribution >= 0.6 is 0 Å². The lowest BCUT2D eigenvalue weighted by atomic mass is 9.78. The van der Waals surface area contributed by atoms with Crippen LogP contribution in [0.2, 0.25) is 0 Å². The van der Waals surface area contributed by atoms with E-state index in [1.54, 1.807) is 10.4 Å². The first-order chi connectivity index (χ1) is 16.3. The van der Waals surface area contributed by atoms with Crippen LogP contribution in [0, 0.1) is 5.41 Å². The Balaban J connectivity index is 1.34. The number of nitrogens with two attached hydrogens (primary N) is 1. The molecular formula is C23H30F2N6O2S. The molecule has 4 fully saturated rings. The van der Waals surface area contributed by atoms with Crippen LogP contribution in [-0.2, 0) is 10.0 Å². The molecule has 0 bridgehead atoms. The van der Waals surface area contributed by atoms with Gasteiger partial charge in [0.1, 0.15) is 0 Å². The van der Waals surface area contributed by atoms with E-state index in [4.69, 9.17) is 5.73 Å². The molecule has 34 heavy (non-hydrogen) atoms. The van der Waals surface area contributed by atoms with Crippen molar-refractivity contribution in [2.75, 3.05) is 49.9 Å². The van der Waals surface area contributed by atoms with Crippen LogP contribution in [0.3, 0.4) is 0 Å². The number of benzene rings is 1. The minimum atomic E-state index is -3.22. The zero-order chi connectivity index (χ0) is 23.7. The third-order valence-corrected chi connectivity index (χ3v) is 10.4. The Labute approximate surface area is 198 Å². The van der Waals surface area contributed by atoms with E-state index in [0.29, 0.717) is 48.2 Å². The maximum atomic E-state index is 13.9. The van der Waals surface area contributed by atoms with Crippen molar-refractivity contribution in [1.29, 1.82) is 0 Å². The van der Waals surface area contributed by atoms with Gasteiger partial charge in [-0.25, -0.2) is 31.5 Å². The quantitative estimate of drug-likeness (QED) is 0.661. The van der Waals surface area contributed by atoms with E-state index in [2.05, 4.69) is 20.2 Å². The number of alkyl halides is 2. The fourth-order valence-electron chi connectivity index (χ4n) is 5.91. The lowest BCUT2D eigenvalue weighted by molar-refractivity contribution is 0.151. The highest BCUT2D eigenvalue weighted by Crippen LogP contribution is 2.44. The van der Waals surface area contributed by atoms with Crippen LogP contribution in [0.25, 0.3) is 10.9 Å². The van der Waals surface area contributed by atoms with Crippen LogP contribution < -0.4 is 16.0 Å². The molecule has 1 aromatic heterocycles. The van der Waals surface area contributed by atoms with Crippen molar-refractivity contribution in [3.05, 3.63) is 23.4 Å². The molecule has 2 aromatic rings. The minimum Gasteiger partial charge on any atom is -0.368 e. The predicted octanol–water partition coefficient (Wildman–Crippen LogP) is 2.62. The largest absolute Gasteiger partial charge is 0.368 e. The first-order valence-electron chi connectivity index (χ1n) is 12.1. The minimum absolute atomic E-state index is 0.0450. The van der Waals surface area contributed by atoms with Gasteiger partial charge in [0.2, 0.25) is 16.0 Å². The highest BCUT2D eigenvalue weighted by molar-refractivity contribution is 7.90. The Hall–Kier alpha value is -2.11. The number of hydrogen-bond donors (Lipinski definition) is 2. The second kappa shape index (κ2) is 7.96. The number of hydrogen-bond acceptors (Lipinski definition) is 7. The molecule has 4 heterocycles. The highest BCUT2D eigenvalue weighted by Gasteiger charge is 2.46. The molecular weight excluding hydrogens is 462 g/mol. The number of anilines is 2. The molecule has 1 aromatic carbocycles. The third kappa shape index (κ3) is 3.72. The normalized spacial score (nSPS) is 23.8. The SMILES string of the molecule is Nc1nc(C2CCN(S(=O)(=O)C3CC3)CC2)c2cc(C(F)F)cc(N3CC4(CCNC4)C3)c2n1. The van der Waals surface area contributed by atoms with Gasteiger partial charge >= 0.3 is 0 Å². The van der Waals surface area contributed by atoms with E-state index in [0.717, 1.165) is 45.4 Å². The molecule has 11 heteroatoms. The van der Waals surface area contributed by atoms with Crippen molar-refractivity contribution in [2.45, 2.75) is 49.7 Å². The van der Waals surface area contributed by atoms with Gasteiger partial charge in [-0.2, -0.15) is 0 Å². The fourth-order valence-corrected chi connectivity index (χ4v) is 7.79. The van der Waals surface area contributed by atoms with Crippen molar-refractivity contribution >= 4 is 32.6 Å². The summed E-state index contributed by atoms with van der Waals surface area (Å²) in [6.45, 7) is 4.37. The van der Waals surface area contributed by atoms with E-state index in [1.807, 2.05) is 0 Å². The molecule has 4 aliphatic rings. The van der Waals surface area contributed by atoms with Crippen molar-refractivity contribution < 1.29 is 17.2 Å². The fraction of sp³-hybridized carbons (Fsp3) is 0.652. The molecule has 0 radical (unpaired) electrons. The maximum Gasteiger partial charge on any atom is 0.263 e. The molecule has 0 atom stereocenters. The zero-order valence-corrected chi connectivity index (χ0v) is 19.8. The van der Waals surface area contributed by atoms with Gasteiger partial charge in [0.15, 0.2) is 0 Å². The number of nitrogen functional groups attached to an aromatic ring is 1. The Morgan fingerprint density at radius 2 is 1.85 bits per heavy atom. The predicted molar refractivity (Wildman–Crippen MR) is 127 cm³/mol. The second-order valence-electron chi connectivity index (χ2n) is 10.4. The van der Waals surface area contributed by atoms with E-state index >= 15 is 0 Å². The summed E-state index contributed by atoms with van der Waals surface area (Å²) in [5.74, 6) is 0.0698. The van der Waals surface area contributed by atoms with Crippen LogP contribution in [0.5, 0.6) is 0 Å². The first kappa shape index (κ1) is 22.4. The summed E-state index contributed by atoms with van der Waals surface area (Å²) in [5, 5.41) is 3.78. The number of fused-ring (bicyclic) bond motifs is 1. The number of aromatic nitrogens is 2. The second-order valence-corrected chi connectivity index (χ2v) is 12.6. The summed E-state index contributed by atoms with van der Waals surface area (Å²) in [5.41, 5.74) is 8.23. The van der Waals surface area contributed by atoms with E-state index in [-0.39, 0.29) is 28.1 Å². The van der Waals surface area contributed by atoms with E-state index < -0.39 is 16.4 Å². The number of piperidine rings is 1. The summed E-state index contributed by atoms with van der Waals surface area (Å²) in [6, 6.07) is 3.04. The summed E-state index contributed by atoms with van der Waals surface area (Å²) in [7, 11) is -3.22. The Morgan fingerprint density at radius 1 is 1.12 bits per heavy atom. The topological polar surface area (TPSA) is 104 Å². The number of nitrogens with one attached hydrogen (secondary N) is 1. The third-order valence-electron chi connectivity index (χ3n) is 7.97. The molecule has 3 N–H and O–H groups in total. The lowest BCUT2D eigenvalue weighted by Crippen LogP contribution is -2.57.